The van der Waals surface area contributed by atoms with Crippen LogP contribution in [0.4, 0.5) is 10.1 Å². The van der Waals surface area contributed by atoms with Crippen LogP contribution in [0.1, 0.15) is 36.8 Å². The molecule has 2 aromatic rings. The number of hydrogen-bond donors (Lipinski definition) is 2. The lowest BCUT2D eigenvalue weighted by atomic mass is 9.93. The van der Waals surface area contributed by atoms with Crippen molar-refractivity contribution in [1.29, 1.82) is 0 Å². The number of anilines is 1. The Bertz CT molecular complexity index is 1280. The maximum atomic E-state index is 14.8. The van der Waals surface area contributed by atoms with E-state index in [0.29, 0.717) is 4.31 Å². The van der Waals surface area contributed by atoms with Crippen molar-refractivity contribution < 1.29 is 29.2 Å². The average molecular weight is 441 g/mol. The highest BCUT2D eigenvalue weighted by atomic mass is 32.2. The van der Waals surface area contributed by atoms with E-state index in [0.717, 1.165) is 19.2 Å². The van der Waals surface area contributed by atoms with Gasteiger partial charge in [0.05, 0.1) is 25.8 Å². The number of benzene rings is 1. The number of rotatable bonds is 5. The predicted octanol–water partition coefficient (Wildman–Crippen LogP) is 1.68. The van der Waals surface area contributed by atoms with E-state index in [-0.39, 0.29) is 22.7 Å². The molecule has 1 amide bonds. The molecule has 30 heavy (non-hydrogen) atoms. The van der Waals surface area contributed by atoms with E-state index in [9.17, 15) is 17.6 Å². The van der Waals surface area contributed by atoms with Gasteiger partial charge in [-0.15, -0.1) is 0 Å². The van der Waals surface area contributed by atoms with Gasteiger partial charge >= 0.3 is 0 Å². The number of halogens is 1. The van der Waals surface area contributed by atoms with Gasteiger partial charge in [0.15, 0.2) is 0 Å². The standard InChI is InChI=1S/C19H22FN5O4S/c1-4-25-18(21)24-19(2,11-30(25,27)28)14-9-12(5-7-15(14)20)23-17(26)16-8-6-13(29-3)10-22-16/h5-10H,4,11H2,1-3H3,(H2,21,24)(H,23,26)/t19-/m0/s1/i3D3,4D2. The Kier molecular flexibility index (Phi) is 4.11. The number of ether oxygens (including phenoxy) is 1. The Morgan fingerprint density at radius 1 is 1.47 bits per heavy atom. The van der Waals surface area contributed by atoms with Crippen LogP contribution in [0.25, 0.3) is 0 Å². The van der Waals surface area contributed by atoms with Gasteiger partial charge in [-0.05, 0) is 44.2 Å². The van der Waals surface area contributed by atoms with Crippen LogP contribution in [0.2, 0.25) is 0 Å². The minimum atomic E-state index is -4.31. The molecule has 11 heteroatoms. The zero-order chi connectivity index (χ0) is 26.4. The summed E-state index contributed by atoms with van der Waals surface area (Å²) in [5, 5.41) is 2.50. The molecule has 0 bridgehead atoms. The van der Waals surface area contributed by atoms with E-state index in [2.05, 4.69) is 20.0 Å². The van der Waals surface area contributed by atoms with Crippen molar-refractivity contribution in [2.75, 3.05) is 24.6 Å². The van der Waals surface area contributed by atoms with Crippen LogP contribution in [0, 0.1) is 5.82 Å². The molecule has 0 radical (unpaired) electrons. The molecule has 3 rings (SSSR count). The Morgan fingerprint density at radius 3 is 2.83 bits per heavy atom. The van der Waals surface area contributed by atoms with Crippen LogP contribution >= 0.6 is 0 Å². The number of amides is 1. The fourth-order valence-corrected chi connectivity index (χ4v) is 4.73. The van der Waals surface area contributed by atoms with Gasteiger partial charge in [0.25, 0.3) is 5.91 Å². The second-order valence-corrected chi connectivity index (χ2v) is 8.44. The third-order valence-electron chi connectivity index (χ3n) is 4.41. The fourth-order valence-electron chi connectivity index (χ4n) is 3.07. The van der Waals surface area contributed by atoms with Gasteiger partial charge in [-0.3, -0.25) is 4.79 Å². The maximum Gasteiger partial charge on any atom is 0.274 e. The monoisotopic (exact) mass is 440 g/mol. The highest BCUT2D eigenvalue weighted by Gasteiger charge is 2.42. The zero-order valence-corrected chi connectivity index (χ0v) is 16.8. The fraction of sp³-hybridized carbons (Fsp3) is 0.316. The number of guanidine groups is 1. The first kappa shape index (κ1) is 15.6. The third kappa shape index (κ3) is 4.06. The lowest BCUT2D eigenvalue weighted by molar-refractivity contribution is 0.102. The smallest absolute Gasteiger partial charge is 0.274 e. The normalized spacial score (nSPS) is 23.8. The summed E-state index contributed by atoms with van der Waals surface area (Å²) in [5.74, 6) is -3.00. The number of nitrogens with two attached hydrogens (primary N) is 1. The van der Waals surface area contributed by atoms with Crippen molar-refractivity contribution >= 4 is 27.6 Å². The molecule has 1 aliphatic rings. The van der Waals surface area contributed by atoms with Crippen LogP contribution in [0.15, 0.2) is 41.5 Å². The summed E-state index contributed by atoms with van der Waals surface area (Å²) in [6.07, 6.45) is 1.06. The largest absolute Gasteiger partial charge is 0.495 e. The first-order valence-electron chi connectivity index (χ1n) is 11.1. The van der Waals surface area contributed by atoms with Crippen molar-refractivity contribution in [1.82, 2.24) is 9.29 Å². The van der Waals surface area contributed by atoms with E-state index in [1.165, 1.54) is 31.2 Å². The van der Waals surface area contributed by atoms with E-state index < -0.39 is 52.5 Å². The lowest BCUT2D eigenvalue weighted by Crippen LogP contribution is -2.52. The molecule has 0 spiro atoms. The summed E-state index contributed by atoms with van der Waals surface area (Å²) in [6.45, 7) is -0.0312. The number of hydrogen-bond acceptors (Lipinski definition) is 7. The molecule has 1 aliphatic heterocycles. The number of methoxy groups -OCH3 is 1. The van der Waals surface area contributed by atoms with Gasteiger partial charge in [-0.2, -0.15) is 0 Å². The number of nitrogens with zero attached hydrogens (tertiary/aromatic N) is 3. The summed E-state index contributed by atoms with van der Waals surface area (Å²) < 4.78 is 82.0. The van der Waals surface area contributed by atoms with Crippen LogP contribution < -0.4 is 15.8 Å². The average Bonchev–Trinajstić information content (AvgIpc) is 2.65. The molecule has 160 valence electrons. The number of carbonyl (C=O) groups is 1. The van der Waals surface area contributed by atoms with Crippen LogP contribution in [-0.4, -0.2) is 48.9 Å². The minimum absolute atomic E-state index is 0.0713. The SMILES string of the molecule is [2H]C([2H])([2H])Oc1ccc(C(=O)Nc2ccc(F)c([C@]3(C)CS(=O)(=O)N(C([2H])([2H])C)C(N)=N3)c2)nc1. The zero-order valence-electron chi connectivity index (χ0n) is 21.0. The summed E-state index contributed by atoms with van der Waals surface area (Å²) >= 11 is 0. The number of nitrogens with one attached hydrogen (secondary N) is 1. The van der Waals surface area contributed by atoms with Gasteiger partial charge < -0.3 is 15.8 Å². The van der Waals surface area contributed by atoms with E-state index >= 15 is 0 Å². The first-order chi connectivity index (χ1) is 15.9. The number of aromatic nitrogens is 1. The highest BCUT2D eigenvalue weighted by molar-refractivity contribution is 7.89. The molecule has 1 atom stereocenters. The van der Waals surface area contributed by atoms with Crippen molar-refractivity contribution in [2.45, 2.75) is 19.4 Å². The first-order valence-corrected chi connectivity index (χ1v) is 10.2. The molecular formula is C19H22FN5O4S. The molecule has 9 nitrogen and oxygen atoms in total. The predicted molar refractivity (Wildman–Crippen MR) is 110 cm³/mol. The lowest BCUT2D eigenvalue weighted by Gasteiger charge is -2.36. The molecule has 0 saturated heterocycles. The minimum Gasteiger partial charge on any atom is -0.495 e. The van der Waals surface area contributed by atoms with Gasteiger partial charge in [-0.1, -0.05) is 0 Å². The molecule has 1 aromatic carbocycles. The van der Waals surface area contributed by atoms with Gasteiger partial charge in [-0.25, -0.2) is 27.1 Å². The van der Waals surface area contributed by atoms with Crippen molar-refractivity contribution in [3.05, 3.63) is 53.6 Å². The Morgan fingerprint density at radius 2 is 2.23 bits per heavy atom. The summed E-state index contributed by atoms with van der Waals surface area (Å²) in [7, 11) is -6.99. The number of aliphatic imine (C=N–C) groups is 1. The molecule has 0 saturated carbocycles. The van der Waals surface area contributed by atoms with E-state index in [1.54, 1.807) is 0 Å². The molecule has 3 N–H and O–H groups in total. The Balaban J connectivity index is 1.89. The Labute approximate surface area is 180 Å². The summed E-state index contributed by atoms with van der Waals surface area (Å²) in [5.41, 5.74) is 3.87. The van der Waals surface area contributed by atoms with E-state index in [1.807, 2.05) is 0 Å². The number of sulfonamides is 1. The second kappa shape index (κ2) is 7.90. The second-order valence-electron chi connectivity index (χ2n) is 6.62. The van der Waals surface area contributed by atoms with Gasteiger partial charge in [0.2, 0.25) is 16.0 Å². The number of carbonyl (C=O) groups excluding carboxylic acids is 1. The van der Waals surface area contributed by atoms with Crippen LogP contribution in [0.3, 0.4) is 0 Å². The molecule has 2 heterocycles. The number of pyridine rings is 1. The van der Waals surface area contributed by atoms with Gasteiger partial charge in [0.1, 0.15) is 22.8 Å². The van der Waals surface area contributed by atoms with Crippen molar-refractivity contribution in [3.8, 4) is 5.75 Å². The van der Waals surface area contributed by atoms with Crippen LogP contribution in [-0.2, 0) is 15.6 Å². The maximum absolute atomic E-state index is 14.8. The topological polar surface area (TPSA) is 127 Å². The third-order valence-corrected chi connectivity index (χ3v) is 6.26. The molecule has 0 fully saturated rings. The quantitative estimate of drug-likeness (QED) is 0.728. The molecular weight excluding hydrogens is 413 g/mol. The van der Waals surface area contributed by atoms with Crippen molar-refractivity contribution in [3.63, 3.8) is 0 Å². The van der Waals surface area contributed by atoms with Gasteiger partial charge in [0, 0.05) is 17.7 Å². The highest BCUT2D eigenvalue weighted by Crippen LogP contribution is 2.35. The molecule has 0 unspecified atom stereocenters. The van der Waals surface area contributed by atoms with E-state index in [4.69, 9.17) is 12.6 Å². The van der Waals surface area contributed by atoms with Crippen LogP contribution in [0.5, 0.6) is 5.75 Å². The summed E-state index contributed by atoms with van der Waals surface area (Å²) in [6, 6.07) is 5.93. The Hall–Kier alpha value is -3.21. The molecule has 0 aliphatic carbocycles. The van der Waals surface area contributed by atoms with Crippen molar-refractivity contribution in [2.24, 2.45) is 10.7 Å². The molecule has 1 aromatic heterocycles. The summed E-state index contributed by atoms with van der Waals surface area (Å²) in [4.78, 5) is 20.5.